The molecule has 0 radical (unpaired) electrons. The smallest absolute Gasteiger partial charge is 0.178 e. The highest BCUT2D eigenvalue weighted by molar-refractivity contribution is 7.14. The fraction of sp³-hybridized carbons (Fsp3) is 0.143. The van der Waals surface area contributed by atoms with Gasteiger partial charge in [-0.15, -0.1) is 11.3 Å². The summed E-state index contributed by atoms with van der Waals surface area (Å²) >= 11 is 1.05. The fourth-order valence-corrected chi connectivity index (χ4v) is 5.20. The number of hydrogen-bond donors (Lipinski definition) is 3. The zero-order chi connectivity index (χ0) is 26.2. The highest BCUT2D eigenvalue weighted by atomic mass is 32.1. The van der Waals surface area contributed by atoms with Gasteiger partial charge in [0, 0.05) is 51.1 Å². The number of unbranched alkanes of at least 4 members (excludes halogenated alkanes) is 1. The predicted molar refractivity (Wildman–Crippen MR) is 148 cm³/mol. The van der Waals surface area contributed by atoms with Crippen LogP contribution in [-0.4, -0.2) is 30.1 Å². The third-order valence-electron chi connectivity index (χ3n) is 6.31. The summed E-state index contributed by atoms with van der Waals surface area (Å²) in [5.74, 6) is 0.0753. The second kappa shape index (κ2) is 9.79. The molecule has 5 aromatic heterocycles. The SMILES string of the molecule is C=C(CCCC)Nc1cncc(-c2cc3c(-c4nc5nccc(-c6ccc(F)s6)c5[nH]4)n[nH]c3cc2F)c1. The normalized spacial score (nSPS) is 11.4. The summed E-state index contributed by atoms with van der Waals surface area (Å²) in [6.45, 7) is 6.20. The largest absolute Gasteiger partial charge is 0.358 e. The van der Waals surface area contributed by atoms with Crippen LogP contribution >= 0.6 is 11.3 Å². The van der Waals surface area contributed by atoms with Gasteiger partial charge in [-0.2, -0.15) is 9.49 Å². The minimum atomic E-state index is -0.398. The average molecular weight is 528 g/mol. The molecule has 6 rings (SSSR count). The van der Waals surface area contributed by atoms with Gasteiger partial charge >= 0.3 is 0 Å². The van der Waals surface area contributed by atoms with E-state index in [1.807, 2.05) is 12.1 Å². The molecule has 0 aliphatic carbocycles. The molecule has 0 fully saturated rings. The molecule has 0 amide bonds. The number of benzene rings is 1. The summed E-state index contributed by atoms with van der Waals surface area (Å²) in [5.41, 5.74) is 5.66. The minimum Gasteiger partial charge on any atom is -0.358 e. The zero-order valence-corrected chi connectivity index (χ0v) is 21.3. The lowest BCUT2D eigenvalue weighted by molar-refractivity contribution is 0.632. The van der Waals surface area contributed by atoms with Crippen molar-refractivity contribution in [2.45, 2.75) is 26.2 Å². The first-order valence-corrected chi connectivity index (χ1v) is 13.0. The van der Waals surface area contributed by atoms with Gasteiger partial charge in [-0.3, -0.25) is 10.1 Å². The Hall–Kier alpha value is -4.44. The van der Waals surface area contributed by atoms with E-state index in [9.17, 15) is 4.39 Å². The second-order valence-electron chi connectivity index (χ2n) is 8.99. The Morgan fingerprint density at radius 3 is 2.82 bits per heavy atom. The monoisotopic (exact) mass is 527 g/mol. The molecule has 5 heterocycles. The molecule has 6 aromatic rings. The van der Waals surface area contributed by atoms with Crippen LogP contribution in [0.15, 0.2) is 67.3 Å². The molecule has 1 aromatic carbocycles. The number of imidazole rings is 1. The van der Waals surface area contributed by atoms with Crippen molar-refractivity contribution in [3.63, 3.8) is 0 Å². The molecule has 0 saturated carbocycles. The summed E-state index contributed by atoms with van der Waals surface area (Å²) in [7, 11) is 0. The molecule has 190 valence electrons. The van der Waals surface area contributed by atoms with Gasteiger partial charge < -0.3 is 10.3 Å². The van der Waals surface area contributed by atoms with E-state index in [1.54, 1.807) is 30.7 Å². The van der Waals surface area contributed by atoms with E-state index in [4.69, 9.17) is 0 Å². The number of aromatic amines is 2. The summed E-state index contributed by atoms with van der Waals surface area (Å²) in [5, 5.41) is 11.0. The maximum Gasteiger partial charge on any atom is 0.178 e. The van der Waals surface area contributed by atoms with E-state index < -0.39 is 5.82 Å². The number of nitrogens with zero attached hydrogens (tertiary/aromatic N) is 4. The summed E-state index contributed by atoms with van der Waals surface area (Å²) in [4.78, 5) is 17.4. The molecule has 38 heavy (non-hydrogen) atoms. The molecule has 0 unspecified atom stereocenters. The fourth-order valence-electron chi connectivity index (χ4n) is 4.44. The maximum atomic E-state index is 15.2. The van der Waals surface area contributed by atoms with Gasteiger partial charge in [0.2, 0.25) is 0 Å². The number of thiophene rings is 1. The highest BCUT2D eigenvalue weighted by Gasteiger charge is 2.19. The number of halogens is 2. The van der Waals surface area contributed by atoms with Gasteiger partial charge in [-0.25, -0.2) is 14.4 Å². The van der Waals surface area contributed by atoms with Crippen molar-refractivity contribution < 1.29 is 8.78 Å². The number of anilines is 1. The number of nitrogens with one attached hydrogen (secondary N) is 3. The molecular weight excluding hydrogens is 504 g/mol. The Morgan fingerprint density at radius 1 is 1.11 bits per heavy atom. The number of aromatic nitrogens is 6. The maximum absolute atomic E-state index is 15.2. The standard InChI is InChI=1S/C28H23F2N7S/c1-3-4-5-15(2)33-17-10-16(13-31-14-17)19-11-20-22(12-21(19)29)36-37-26(20)28-34-25-18(8-9-32-27(25)35-28)23-6-7-24(30)38-23/h6-14,33H,2-5H2,1H3,(H,36,37)(H,32,34,35). The van der Waals surface area contributed by atoms with Crippen LogP contribution in [-0.2, 0) is 0 Å². The molecule has 0 bridgehead atoms. The van der Waals surface area contributed by atoms with E-state index in [0.717, 1.165) is 52.4 Å². The van der Waals surface area contributed by atoms with Crippen LogP contribution in [0.4, 0.5) is 14.5 Å². The number of allylic oxidation sites excluding steroid dienone is 1. The lowest BCUT2D eigenvalue weighted by atomic mass is 10.0. The summed E-state index contributed by atoms with van der Waals surface area (Å²) in [6.07, 6.45) is 7.93. The number of H-pyrrole nitrogens is 2. The lowest BCUT2D eigenvalue weighted by Crippen LogP contribution is -1.99. The van der Waals surface area contributed by atoms with Gasteiger partial charge in [0.15, 0.2) is 16.6 Å². The van der Waals surface area contributed by atoms with Gasteiger partial charge in [-0.1, -0.05) is 19.9 Å². The first kappa shape index (κ1) is 23.9. The topological polar surface area (TPSA) is 95.2 Å². The first-order valence-electron chi connectivity index (χ1n) is 12.2. The van der Waals surface area contributed by atoms with Crippen LogP contribution in [0.1, 0.15) is 26.2 Å². The molecule has 0 atom stereocenters. The van der Waals surface area contributed by atoms with Crippen molar-refractivity contribution in [1.29, 1.82) is 0 Å². The van der Waals surface area contributed by atoms with Crippen LogP contribution in [0.5, 0.6) is 0 Å². The van der Waals surface area contributed by atoms with Crippen LogP contribution in [0.2, 0.25) is 0 Å². The van der Waals surface area contributed by atoms with Crippen molar-refractivity contribution in [3.8, 4) is 33.1 Å². The molecule has 0 aliphatic heterocycles. The zero-order valence-electron chi connectivity index (χ0n) is 20.5. The first-order chi connectivity index (χ1) is 18.5. The lowest BCUT2D eigenvalue weighted by Gasteiger charge is -2.11. The molecule has 0 saturated heterocycles. The van der Waals surface area contributed by atoms with Crippen molar-refractivity contribution >= 4 is 39.1 Å². The van der Waals surface area contributed by atoms with E-state index in [0.29, 0.717) is 44.7 Å². The van der Waals surface area contributed by atoms with Crippen LogP contribution in [0.25, 0.3) is 55.2 Å². The Morgan fingerprint density at radius 2 is 2.00 bits per heavy atom. The third-order valence-corrected chi connectivity index (χ3v) is 7.21. The summed E-state index contributed by atoms with van der Waals surface area (Å²) < 4.78 is 28.9. The van der Waals surface area contributed by atoms with Crippen LogP contribution in [0, 0.1) is 10.9 Å². The van der Waals surface area contributed by atoms with E-state index >= 15 is 4.39 Å². The summed E-state index contributed by atoms with van der Waals surface area (Å²) in [6, 6.07) is 9.99. The van der Waals surface area contributed by atoms with Gasteiger partial charge in [-0.05, 0) is 43.2 Å². The highest BCUT2D eigenvalue weighted by Crippen LogP contribution is 2.35. The third kappa shape index (κ3) is 4.43. The van der Waals surface area contributed by atoms with E-state index in [-0.39, 0.29) is 5.13 Å². The Bertz CT molecular complexity index is 1800. The van der Waals surface area contributed by atoms with Gasteiger partial charge in [0.1, 0.15) is 11.5 Å². The Kier molecular flexibility index (Phi) is 6.16. The molecule has 7 nitrogen and oxygen atoms in total. The Balaban J connectivity index is 1.40. The van der Waals surface area contributed by atoms with Crippen molar-refractivity contribution in [2.24, 2.45) is 0 Å². The minimum absolute atomic E-state index is 0.267. The number of fused-ring (bicyclic) bond motifs is 2. The predicted octanol–water partition coefficient (Wildman–Crippen LogP) is 7.69. The average Bonchev–Trinajstić information content (AvgIpc) is 3.64. The van der Waals surface area contributed by atoms with Crippen molar-refractivity contribution in [3.05, 3.63) is 78.2 Å². The number of hydrogen-bond acceptors (Lipinski definition) is 6. The molecular formula is C28H23F2N7S. The van der Waals surface area contributed by atoms with Crippen LogP contribution in [0.3, 0.4) is 0 Å². The second-order valence-corrected chi connectivity index (χ2v) is 10.0. The molecule has 0 aliphatic rings. The number of pyridine rings is 2. The van der Waals surface area contributed by atoms with Gasteiger partial charge in [0.25, 0.3) is 0 Å². The van der Waals surface area contributed by atoms with Gasteiger partial charge in [0.05, 0.1) is 22.9 Å². The quantitative estimate of drug-likeness (QED) is 0.189. The van der Waals surface area contributed by atoms with Crippen molar-refractivity contribution in [1.82, 2.24) is 30.1 Å². The molecule has 0 spiro atoms. The Labute approximate surface area is 220 Å². The van der Waals surface area contributed by atoms with E-state index in [2.05, 4.69) is 49.0 Å². The number of rotatable bonds is 8. The van der Waals surface area contributed by atoms with E-state index in [1.165, 1.54) is 12.1 Å². The molecule has 10 heteroatoms. The van der Waals surface area contributed by atoms with Crippen molar-refractivity contribution in [2.75, 3.05) is 5.32 Å². The van der Waals surface area contributed by atoms with Crippen LogP contribution < -0.4 is 5.32 Å². The molecule has 3 N–H and O–H groups in total.